The van der Waals surface area contributed by atoms with Gasteiger partial charge in [-0.15, -0.1) is 0 Å². The van der Waals surface area contributed by atoms with Crippen molar-refractivity contribution >= 4 is 0 Å². The molecular weight excluding hydrogens is 288 g/mol. The predicted molar refractivity (Wildman–Crippen MR) is 103 cm³/mol. The lowest BCUT2D eigenvalue weighted by atomic mass is 9.62. The smallest absolute Gasteiger partial charge is 0.0185 e. The summed E-state index contributed by atoms with van der Waals surface area (Å²) in [6, 6.07) is 9.82. The van der Waals surface area contributed by atoms with Crippen molar-refractivity contribution in [3.63, 3.8) is 0 Å². The molecule has 2 aliphatic carbocycles. The molecule has 0 N–H and O–H groups in total. The first-order valence-corrected chi connectivity index (χ1v) is 9.39. The van der Waals surface area contributed by atoms with E-state index >= 15 is 0 Å². The molecule has 0 saturated heterocycles. The number of fused-ring (bicyclic) bond motifs is 2. The van der Waals surface area contributed by atoms with Crippen LogP contribution in [0.3, 0.4) is 0 Å². The van der Waals surface area contributed by atoms with Crippen LogP contribution in [-0.4, -0.2) is 0 Å². The van der Waals surface area contributed by atoms with E-state index in [4.69, 9.17) is 0 Å². The fraction of sp³-hybridized carbons (Fsp3) is 0.500. The first-order valence-electron chi connectivity index (χ1n) is 9.39. The summed E-state index contributed by atoms with van der Waals surface area (Å²) in [7, 11) is 0. The van der Waals surface area contributed by atoms with Crippen LogP contribution < -0.4 is 0 Å². The second kappa shape index (κ2) is 4.97. The maximum absolute atomic E-state index is 2.54. The molecular formula is C24H30. The highest BCUT2D eigenvalue weighted by molar-refractivity contribution is 5.46. The molecule has 2 aromatic rings. The van der Waals surface area contributed by atoms with Gasteiger partial charge in [-0.25, -0.2) is 0 Å². The average Bonchev–Trinajstić information content (AvgIpc) is 2.98. The van der Waals surface area contributed by atoms with Gasteiger partial charge in [0, 0.05) is 0 Å². The lowest BCUT2D eigenvalue weighted by molar-refractivity contribution is 0.0902. The highest BCUT2D eigenvalue weighted by Crippen LogP contribution is 2.55. The molecule has 2 aromatic carbocycles. The van der Waals surface area contributed by atoms with Crippen LogP contribution in [-0.2, 0) is 25.7 Å². The number of hydrogen-bond donors (Lipinski definition) is 0. The minimum atomic E-state index is 0.371. The molecule has 0 heterocycles. The van der Waals surface area contributed by atoms with E-state index in [1.54, 1.807) is 22.3 Å². The number of hydrogen-bond acceptors (Lipinski definition) is 0. The molecule has 0 nitrogen and oxygen atoms in total. The van der Waals surface area contributed by atoms with E-state index in [0.717, 1.165) is 0 Å². The third-order valence-corrected chi connectivity index (χ3v) is 7.41. The van der Waals surface area contributed by atoms with E-state index in [-0.39, 0.29) is 0 Å². The van der Waals surface area contributed by atoms with E-state index in [2.05, 4.69) is 65.8 Å². The van der Waals surface area contributed by atoms with Crippen molar-refractivity contribution in [2.24, 2.45) is 10.8 Å². The van der Waals surface area contributed by atoms with Crippen LogP contribution in [0.4, 0.5) is 0 Å². The van der Waals surface area contributed by atoms with Crippen molar-refractivity contribution in [2.45, 2.75) is 67.2 Å². The second-order valence-corrected chi connectivity index (χ2v) is 9.24. The Bertz CT molecular complexity index is 704. The molecule has 2 aliphatic rings. The Balaban J connectivity index is 1.70. The minimum absolute atomic E-state index is 0.371. The Morgan fingerprint density at radius 3 is 0.917 bits per heavy atom. The van der Waals surface area contributed by atoms with Crippen LogP contribution in [0.15, 0.2) is 24.3 Å². The van der Waals surface area contributed by atoms with Gasteiger partial charge in [-0.3, -0.25) is 0 Å². The van der Waals surface area contributed by atoms with Gasteiger partial charge in [-0.2, -0.15) is 0 Å². The normalized spacial score (nSPS) is 20.1. The van der Waals surface area contributed by atoms with Gasteiger partial charge in [0.05, 0.1) is 0 Å². The third kappa shape index (κ3) is 2.19. The van der Waals surface area contributed by atoms with Gasteiger partial charge in [0.15, 0.2) is 0 Å². The lowest BCUT2D eigenvalue weighted by Gasteiger charge is -2.42. The van der Waals surface area contributed by atoms with Crippen LogP contribution in [0.1, 0.15) is 58.4 Å². The molecule has 126 valence electrons. The first-order chi connectivity index (χ1) is 11.2. The summed E-state index contributed by atoms with van der Waals surface area (Å²) in [6.07, 6.45) is 4.97. The quantitative estimate of drug-likeness (QED) is 0.620. The largest absolute Gasteiger partial charge is 0.0585 e. The average molecular weight is 319 g/mol. The second-order valence-electron chi connectivity index (χ2n) is 9.24. The third-order valence-electron chi connectivity index (χ3n) is 7.41. The molecule has 0 aliphatic heterocycles. The van der Waals surface area contributed by atoms with Gasteiger partial charge in [0.25, 0.3) is 0 Å². The standard InChI is InChI=1S/C24H30/c1-15-7-19-11-23(5,12-20(19)8-16(15)2)24(6)13-21-9-17(3)18(4)10-22(21)14-24/h7-10H,11-14H2,1-6H3. The molecule has 0 amide bonds. The Kier molecular flexibility index (Phi) is 3.30. The summed E-state index contributed by atoms with van der Waals surface area (Å²) in [6.45, 7) is 14.1. The van der Waals surface area contributed by atoms with Crippen molar-refractivity contribution in [1.29, 1.82) is 0 Å². The van der Waals surface area contributed by atoms with Crippen molar-refractivity contribution in [3.05, 3.63) is 68.8 Å². The highest BCUT2D eigenvalue weighted by atomic mass is 14.5. The molecule has 4 rings (SSSR count). The summed E-state index contributed by atoms with van der Waals surface area (Å²) >= 11 is 0. The van der Waals surface area contributed by atoms with Gasteiger partial charge in [-0.1, -0.05) is 38.1 Å². The Morgan fingerprint density at radius 2 is 0.708 bits per heavy atom. The number of rotatable bonds is 1. The van der Waals surface area contributed by atoms with Crippen LogP contribution >= 0.6 is 0 Å². The molecule has 0 atom stereocenters. The molecule has 0 radical (unpaired) electrons. The van der Waals surface area contributed by atoms with E-state index < -0.39 is 0 Å². The molecule has 0 aromatic heterocycles. The van der Waals surface area contributed by atoms with Crippen molar-refractivity contribution in [2.75, 3.05) is 0 Å². The monoisotopic (exact) mass is 318 g/mol. The van der Waals surface area contributed by atoms with E-state index in [1.165, 1.54) is 47.9 Å². The van der Waals surface area contributed by atoms with Gasteiger partial charge >= 0.3 is 0 Å². The summed E-state index contributed by atoms with van der Waals surface area (Å²) in [5.74, 6) is 0. The van der Waals surface area contributed by atoms with Crippen LogP contribution in [0, 0.1) is 38.5 Å². The zero-order valence-corrected chi connectivity index (χ0v) is 16.1. The molecule has 0 spiro atoms. The summed E-state index contributed by atoms with van der Waals surface area (Å²) in [5, 5.41) is 0. The number of benzene rings is 2. The molecule has 0 saturated carbocycles. The Labute approximate surface area is 147 Å². The lowest BCUT2D eigenvalue weighted by Crippen LogP contribution is -2.39. The van der Waals surface area contributed by atoms with E-state index in [0.29, 0.717) is 10.8 Å². The predicted octanol–water partition coefficient (Wildman–Crippen LogP) is 5.83. The Morgan fingerprint density at radius 1 is 0.500 bits per heavy atom. The molecule has 24 heavy (non-hydrogen) atoms. The molecule has 0 bridgehead atoms. The van der Waals surface area contributed by atoms with Gasteiger partial charge < -0.3 is 0 Å². The first kappa shape index (κ1) is 15.9. The fourth-order valence-corrected chi connectivity index (χ4v) is 5.19. The van der Waals surface area contributed by atoms with Crippen molar-refractivity contribution in [1.82, 2.24) is 0 Å². The van der Waals surface area contributed by atoms with Gasteiger partial charge in [-0.05, 0) is 109 Å². The zero-order valence-electron chi connectivity index (χ0n) is 16.1. The van der Waals surface area contributed by atoms with E-state index in [9.17, 15) is 0 Å². The zero-order chi connectivity index (χ0) is 17.3. The fourth-order valence-electron chi connectivity index (χ4n) is 5.19. The summed E-state index contributed by atoms with van der Waals surface area (Å²) in [4.78, 5) is 0. The minimum Gasteiger partial charge on any atom is -0.0585 e. The summed E-state index contributed by atoms with van der Waals surface area (Å²) < 4.78 is 0. The Hall–Kier alpha value is -1.56. The SMILES string of the molecule is Cc1cc2c(cc1C)CC(C)(C1(C)Cc3cc(C)c(C)cc3C1)C2. The van der Waals surface area contributed by atoms with Crippen molar-refractivity contribution in [3.8, 4) is 0 Å². The van der Waals surface area contributed by atoms with Crippen LogP contribution in [0.25, 0.3) is 0 Å². The summed E-state index contributed by atoms with van der Waals surface area (Å²) in [5.41, 5.74) is 12.9. The maximum atomic E-state index is 2.54. The number of aryl methyl sites for hydroxylation is 4. The highest BCUT2D eigenvalue weighted by Gasteiger charge is 2.50. The van der Waals surface area contributed by atoms with Gasteiger partial charge in [0.2, 0.25) is 0 Å². The van der Waals surface area contributed by atoms with E-state index in [1.807, 2.05) is 0 Å². The molecule has 0 fully saturated rings. The van der Waals surface area contributed by atoms with Crippen LogP contribution in [0.5, 0.6) is 0 Å². The van der Waals surface area contributed by atoms with Crippen LogP contribution in [0.2, 0.25) is 0 Å². The van der Waals surface area contributed by atoms with Crippen molar-refractivity contribution < 1.29 is 0 Å². The molecule has 0 heteroatoms. The maximum Gasteiger partial charge on any atom is -0.0185 e. The topological polar surface area (TPSA) is 0 Å². The molecule has 0 unspecified atom stereocenters. The van der Waals surface area contributed by atoms with Gasteiger partial charge in [0.1, 0.15) is 0 Å².